The highest BCUT2D eigenvalue weighted by Crippen LogP contribution is 2.36. The fourth-order valence-corrected chi connectivity index (χ4v) is 1.99. The maximum Gasteiger partial charge on any atom is 0.325 e. The number of nitrogens with zero attached hydrogens (tertiary/aromatic N) is 1. The molecule has 1 aliphatic heterocycles. The van der Waals surface area contributed by atoms with E-state index >= 15 is 0 Å². The van der Waals surface area contributed by atoms with Crippen molar-refractivity contribution in [3.63, 3.8) is 0 Å². The second kappa shape index (κ2) is 5.16. The molecule has 0 unspecified atom stereocenters. The van der Waals surface area contributed by atoms with E-state index in [1.165, 1.54) is 0 Å². The Hall–Kier alpha value is -1.91. The standard InChI is InChI=1S/C13H18N2O3/c1-9(2)18-12(16)8-15-6-7-17-11-5-3-4-10(14)13(11)15/h3-5,9H,6-8,14H2,1-2H3. The summed E-state index contributed by atoms with van der Waals surface area (Å²) in [5.74, 6) is 0.472. The highest BCUT2D eigenvalue weighted by atomic mass is 16.5. The number of hydrogen-bond acceptors (Lipinski definition) is 5. The minimum Gasteiger partial charge on any atom is -0.489 e. The smallest absolute Gasteiger partial charge is 0.325 e. The SMILES string of the molecule is CC(C)OC(=O)CN1CCOc2cccc(N)c21. The van der Waals surface area contributed by atoms with E-state index in [-0.39, 0.29) is 18.6 Å². The Balaban J connectivity index is 2.15. The topological polar surface area (TPSA) is 64.8 Å². The van der Waals surface area contributed by atoms with Gasteiger partial charge in [-0.25, -0.2) is 0 Å². The number of hydrogen-bond donors (Lipinski definition) is 1. The van der Waals surface area contributed by atoms with Gasteiger partial charge in [-0.2, -0.15) is 0 Å². The Morgan fingerprint density at radius 2 is 2.33 bits per heavy atom. The summed E-state index contributed by atoms with van der Waals surface area (Å²) in [6, 6.07) is 5.49. The third kappa shape index (κ3) is 2.67. The number of nitrogen functional groups attached to an aromatic ring is 1. The molecule has 0 fully saturated rings. The summed E-state index contributed by atoms with van der Waals surface area (Å²) >= 11 is 0. The normalized spacial score (nSPS) is 14.1. The molecule has 2 N–H and O–H groups in total. The monoisotopic (exact) mass is 250 g/mol. The molecular formula is C13H18N2O3. The lowest BCUT2D eigenvalue weighted by molar-refractivity contribution is -0.145. The van der Waals surface area contributed by atoms with Crippen LogP contribution in [0.2, 0.25) is 0 Å². The summed E-state index contributed by atoms with van der Waals surface area (Å²) in [5, 5.41) is 0. The van der Waals surface area contributed by atoms with Gasteiger partial charge >= 0.3 is 5.97 Å². The molecule has 0 atom stereocenters. The van der Waals surface area contributed by atoms with Crippen LogP contribution in [0.15, 0.2) is 18.2 Å². The summed E-state index contributed by atoms with van der Waals surface area (Å²) < 4.78 is 10.7. The molecule has 1 aromatic carbocycles. The van der Waals surface area contributed by atoms with Crippen molar-refractivity contribution < 1.29 is 14.3 Å². The van der Waals surface area contributed by atoms with Gasteiger partial charge in [0.1, 0.15) is 24.6 Å². The number of fused-ring (bicyclic) bond motifs is 1. The number of carbonyl (C=O) groups excluding carboxylic acids is 1. The van der Waals surface area contributed by atoms with Gasteiger partial charge in [-0.15, -0.1) is 0 Å². The second-order valence-electron chi connectivity index (χ2n) is 4.50. The number of benzene rings is 1. The molecule has 1 aliphatic rings. The molecule has 18 heavy (non-hydrogen) atoms. The molecular weight excluding hydrogens is 232 g/mol. The summed E-state index contributed by atoms with van der Waals surface area (Å²) in [6.45, 7) is 5.04. The zero-order chi connectivity index (χ0) is 13.1. The van der Waals surface area contributed by atoms with Gasteiger partial charge in [0, 0.05) is 0 Å². The number of anilines is 2. The van der Waals surface area contributed by atoms with Crippen LogP contribution >= 0.6 is 0 Å². The van der Waals surface area contributed by atoms with Gasteiger partial charge in [-0.1, -0.05) is 6.07 Å². The summed E-state index contributed by atoms with van der Waals surface area (Å²) in [6.07, 6.45) is -0.105. The van der Waals surface area contributed by atoms with Crippen LogP contribution in [0.4, 0.5) is 11.4 Å². The van der Waals surface area contributed by atoms with Crippen molar-refractivity contribution in [2.75, 3.05) is 30.3 Å². The van der Waals surface area contributed by atoms with Gasteiger partial charge in [-0.05, 0) is 26.0 Å². The van der Waals surface area contributed by atoms with E-state index in [0.29, 0.717) is 18.8 Å². The molecule has 5 nitrogen and oxygen atoms in total. The van der Waals surface area contributed by atoms with E-state index in [4.69, 9.17) is 15.2 Å². The zero-order valence-corrected chi connectivity index (χ0v) is 10.7. The first kappa shape index (κ1) is 12.5. The van der Waals surface area contributed by atoms with E-state index in [9.17, 15) is 4.79 Å². The van der Waals surface area contributed by atoms with Crippen molar-refractivity contribution in [1.29, 1.82) is 0 Å². The first-order valence-electron chi connectivity index (χ1n) is 6.03. The lowest BCUT2D eigenvalue weighted by atomic mass is 10.2. The average molecular weight is 250 g/mol. The van der Waals surface area contributed by atoms with Crippen LogP contribution in [0.5, 0.6) is 5.75 Å². The third-order valence-electron chi connectivity index (χ3n) is 2.65. The Morgan fingerprint density at radius 1 is 1.56 bits per heavy atom. The van der Waals surface area contributed by atoms with Gasteiger partial charge in [-0.3, -0.25) is 4.79 Å². The number of ether oxygens (including phenoxy) is 2. The van der Waals surface area contributed by atoms with Gasteiger partial charge in [0.25, 0.3) is 0 Å². The van der Waals surface area contributed by atoms with Crippen molar-refractivity contribution in [2.24, 2.45) is 0 Å². The van der Waals surface area contributed by atoms with Crippen molar-refractivity contribution >= 4 is 17.3 Å². The van der Waals surface area contributed by atoms with Crippen LogP contribution in [0, 0.1) is 0 Å². The molecule has 0 spiro atoms. The Morgan fingerprint density at radius 3 is 3.06 bits per heavy atom. The maximum atomic E-state index is 11.7. The minimum atomic E-state index is -0.249. The predicted octanol–water partition coefficient (Wildman–Crippen LogP) is 1.42. The van der Waals surface area contributed by atoms with Gasteiger partial charge in [0.15, 0.2) is 0 Å². The van der Waals surface area contributed by atoms with Crippen molar-refractivity contribution in [3.05, 3.63) is 18.2 Å². The lowest BCUT2D eigenvalue weighted by Gasteiger charge is -2.31. The molecule has 0 amide bonds. The predicted molar refractivity (Wildman–Crippen MR) is 69.8 cm³/mol. The molecule has 2 rings (SSSR count). The Labute approximate surface area is 106 Å². The van der Waals surface area contributed by atoms with Crippen LogP contribution in [0.3, 0.4) is 0 Å². The van der Waals surface area contributed by atoms with E-state index < -0.39 is 0 Å². The van der Waals surface area contributed by atoms with Gasteiger partial charge < -0.3 is 20.1 Å². The zero-order valence-electron chi connectivity index (χ0n) is 10.7. The molecule has 5 heteroatoms. The summed E-state index contributed by atoms with van der Waals surface area (Å²) in [5.41, 5.74) is 7.33. The summed E-state index contributed by atoms with van der Waals surface area (Å²) in [4.78, 5) is 13.6. The average Bonchev–Trinajstić information content (AvgIpc) is 2.28. The molecule has 98 valence electrons. The molecule has 0 saturated carbocycles. The van der Waals surface area contributed by atoms with E-state index in [1.807, 2.05) is 30.9 Å². The molecule has 0 radical (unpaired) electrons. The molecule has 0 aromatic heterocycles. The van der Waals surface area contributed by atoms with Crippen LogP contribution < -0.4 is 15.4 Å². The van der Waals surface area contributed by atoms with Crippen LogP contribution in [-0.2, 0) is 9.53 Å². The highest BCUT2D eigenvalue weighted by Gasteiger charge is 2.23. The first-order chi connectivity index (χ1) is 8.58. The Kier molecular flexibility index (Phi) is 3.60. The fraction of sp³-hybridized carbons (Fsp3) is 0.462. The molecule has 1 heterocycles. The van der Waals surface area contributed by atoms with Crippen LogP contribution in [-0.4, -0.2) is 31.8 Å². The van der Waals surface area contributed by atoms with Crippen LogP contribution in [0.1, 0.15) is 13.8 Å². The highest BCUT2D eigenvalue weighted by molar-refractivity contribution is 5.82. The lowest BCUT2D eigenvalue weighted by Crippen LogP contribution is -2.38. The quantitative estimate of drug-likeness (QED) is 0.649. The minimum absolute atomic E-state index is 0.105. The maximum absolute atomic E-state index is 11.7. The van der Waals surface area contributed by atoms with E-state index in [0.717, 1.165) is 11.4 Å². The van der Waals surface area contributed by atoms with Gasteiger partial charge in [0.2, 0.25) is 0 Å². The number of esters is 1. The molecule has 0 saturated heterocycles. The van der Waals surface area contributed by atoms with Crippen molar-refractivity contribution in [2.45, 2.75) is 20.0 Å². The molecule has 0 aliphatic carbocycles. The fourth-order valence-electron chi connectivity index (χ4n) is 1.99. The number of para-hydroxylation sites is 1. The van der Waals surface area contributed by atoms with Gasteiger partial charge in [0.05, 0.1) is 18.3 Å². The van der Waals surface area contributed by atoms with Crippen molar-refractivity contribution in [1.82, 2.24) is 0 Å². The first-order valence-corrected chi connectivity index (χ1v) is 6.03. The summed E-state index contributed by atoms with van der Waals surface area (Å²) in [7, 11) is 0. The second-order valence-corrected chi connectivity index (χ2v) is 4.50. The number of carbonyl (C=O) groups is 1. The molecule has 0 bridgehead atoms. The van der Waals surface area contributed by atoms with E-state index in [2.05, 4.69) is 0 Å². The number of rotatable bonds is 3. The largest absolute Gasteiger partial charge is 0.489 e. The Bertz CT molecular complexity index is 446. The van der Waals surface area contributed by atoms with Crippen molar-refractivity contribution in [3.8, 4) is 5.75 Å². The third-order valence-corrected chi connectivity index (χ3v) is 2.65. The molecule has 1 aromatic rings. The van der Waals surface area contributed by atoms with Crippen LogP contribution in [0.25, 0.3) is 0 Å². The number of nitrogens with two attached hydrogens (primary N) is 1. The van der Waals surface area contributed by atoms with E-state index in [1.54, 1.807) is 6.07 Å².